The lowest BCUT2D eigenvalue weighted by molar-refractivity contribution is 0.0734. The number of amides is 1. The van der Waals surface area contributed by atoms with Crippen molar-refractivity contribution in [1.29, 1.82) is 0 Å². The molecule has 0 aliphatic carbocycles. The van der Waals surface area contributed by atoms with E-state index < -0.39 is 6.10 Å². The maximum Gasteiger partial charge on any atom is 0.271 e. The van der Waals surface area contributed by atoms with Gasteiger partial charge in [0.15, 0.2) is 11.9 Å². The Hall–Kier alpha value is -3.03. The van der Waals surface area contributed by atoms with Crippen molar-refractivity contribution in [3.8, 4) is 0 Å². The van der Waals surface area contributed by atoms with Gasteiger partial charge in [-0.25, -0.2) is 5.43 Å². The molecule has 28 heavy (non-hydrogen) atoms. The number of Topliss-reactive ketones (excluding diaryl/α,β-unsaturated/α-hetero) is 1. The summed E-state index contributed by atoms with van der Waals surface area (Å²) in [5.74, 6) is -0.716. The topological polar surface area (TPSA) is 83.7 Å². The maximum absolute atomic E-state index is 12.4. The molecule has 7 heteroatoms. The Labute approximate surface area is 170 Å². The van der Waals surface area contributed by atoms with Gasteiger partial charge in [-0.15, -0.1) is 0 Å². The summed E-state index contributed by atoms with van der Waals surface area (Å²) < 4.78 is 2.54. The van der Waals surface area contributed by atoms with E-state index in [4.69, 9.17) is 0 Å². The molecular weight excluding hydrogens is 422 g/mol. The van der Waals surface area contributed by atoms with E-state index in [-0.39, 0.29) is 11.7 Å². The highest BCUT2D eigenvalue weighted by atomic mass is 79.9. The molecule has 0 bridgehead atoms. The van der Waals surface area contributed by atoms with Crippen molar-refractivity contribution in [1.82, 2.24) is 9.99 Å². The highest BCUT2D eigenvalue weighted by Gasteiger charge is 2.22. The molecule has 1 heterocycles. The van der Waals surface area contributed by atoms with Crippen LogP contribution in [0.15, 0.2) is 76.3 Å². The van der Waals surface area contributed by atoms with E-state index in [0.29, 0.717) is 22.5 Å². The summed E-state index contributed by atoms with van der Waals surface area (Å²) in [7, 11) is 1.72. The predicted molar refractivity (Wildman–Crippen MR) is 110 cm³/mol. The predicted octanol–water partition coefficient (Wildman–Crippen LogP) is 3.47. The number of carbonyl (C=O) groups is 2. The number of nitrogens with one attached hydrogen (secondary N) is 1. The van der Waals surface area contributed by atoms with Crippen LogP contribution in [0.4, 0.5) is 0 Å². The molecule has 1 amide bonds. The van der Waals surface area contributed by atoms with Gasteiger partial charge in [0.25, 0.3) is 5.91 Å². The number of aliphatic hydroxyl groups is 1. The molecule has 1 aromatic heterocycles. The number of halogens is 1. The average molecular weight is 440 g/mol. The van der Waals surface area contributed by atoms with E-state index in [1.165, 1.54) is 6.21 Å². The van der Waals surface area contributed by atoms with Crippen LogP contribution in [0.1, 0.15) is 38.2 Å². The monoisotopic (exact) mass is 439 g/mol. The van der Waals surface area contributed by atoms with Crippen molar-refractivity contribution in [2.24, 2.45) is 12.1 Å². The van der Waals surface area contributed by atoms with Gasteiger partial charge in [0.05, 0.1) is 17.6 Å². The Morgan fingerprint density at radius 2 is 1.71 bits per heavy atom. The second-order valence-corrected chi connectivity index (χ2v) is 7.00. The van der Waals surface area contributed by atoms with E-state index in [0.717, 1.165) is 4.47 Å². The van der Waals surface area contributed by atoms with Gasteiger partial charge in [-0.05, 0) is 36.4 Å². The number of nitrogens with zero attached hydrogens (tertiary/aromatic N) is 2. The second-order valence-electron chi connectivity index (χ2n) is 6.08. The van der Waals surface area contributed by atoms with E-state index >= 15 is 0 Å². The second kappa shape index (κ2) is 8.77. The molecule has 142 valence electrons. The number of ketones is 1. The number of hydrogen-bond donors (Lipinski definition) is 2. The molecular formula is C21H18BrN3O3. The van der Waals surface area contributed by atoms with Gasteiger partial charge >= 0.3 is 0 Å². The van der Waals surface area contributed by atoms with Crippen LogP contribution >= 0.6 is 15.9 Å². The van der Waals surface area contributed by atoms with E-state index in [2.05, 4.69) is 26.5 Å². The molecule has 3 rings (SSSR count). The highest BCUT2D eigenvalue weighted by Crippen LogP contribution is 2.20. The Kier molecular flexibility index (Phi) is 6.18. The van der Waals surface area contributed by atoms with Gasteiger partial charge in [0, 0.05) is 22.6 Å². The number of aromatic nitrogens is 1. The van der Waals surface area contributed by atoms with Gasteiger partial charge in [0.2, 0.25) is 0 Å². The number of rotatable bonds is 6. The minimum Gasteiger partial charge on any atom is -0.379 e. The summed E-state index contributed by atoms with van der Waals surface area (Å²) >= 11 is 3.32. The lowest BCUT2D eigenvalue weighted by Gasteiger charge is -2.12. The lowest BCUT2D eigenvalue weighted by Crippen LogP contribution is -2.18. The van der Waals surface area contributed by atoms with Crippen LogP contribution in [-0.4, -0.2) is 27.6 Å². The fourth-order valence-corrected chi connectivity index (χ4v) is 2.93. The smallest absolute Gasteiger partial charge is 0.271 e. The third kappa shape index (κ3) is 4.44. The summed E-state index contributed by atoms with van der Waals surface area (Å²) in [5, 5.41) is 14.4. The van der Waals surface area contributed by atoms with E-state index in [1.807, 2.05) is 6.07 Å². The lowest BCUT2D eigenvalue weighted by atomic mass is 10.0. The zero-order valence-electron chi connectivity index (χ0n) is 15.0. The summed E-state index contributed by atoms with van der Waals surface area (Å²) in [6.07, 6.45) is 0.173. The maximum atomic E-state index is 12.4. The van der Waals surface area contributed by atoms with Crippen LogP contribution in [-0.2, 0) is 7.05 Å². The molecule has 3 aromatic rings. The van der Waals surface area contributed by atoms with Crippen molar-refractivity contribution in [2.45, 2.75) is 6.10 Å². The molecule has 6 nitrogen and oxygen atoms in total. The van der Waals surface area contributed by atoms with Crippen molar-refractivity contribution < 1.29 is 14.7 Å². The molecule has 2 N–H and O–H groups in total. The Morgan fingerprint density at radius 1 is 1.04 bits per heavy atom. The normalized spacial score (nSPS) is 12.1. The summed E-state index contributed by atoms with van der Waals surface area (Å²) in [4.78, 5) is 24.5. The summed E-state index contributed by atoms with van der Waals surface area (Å²) in [5.41, 5.74) is 4.44. The first-order valence-corrected chi connectivity index (χ1v) is 9.28. The number of aliphatic hydroxyl groups excluding tert-OH is 1. The molecule has 1 unspecified atom stereocenters. The molecule has 0 spiro atoms. The Morgan fingerprint density at radius 3 is 2.39 bits per heavy atom. The standard InChI is InChI=1S/C21H18BrN3O3/c1-25-17(13-23-24-21(28)15-7-9-16(22)10-8-15)11-12-18(25)20(27)19(26)14-5-3-2-4-6-14/h2-13,20,27H,1H3,(H,24,28)/b23-13+. The molecule has 1 atom stereocenters. The third-order valence-corrected chi connectivity index (χ3v) is 4.78. The molecule has 0 aliphatic heterocycles. The van der Waals surface area contributed by atoms with Crippen molar-refractivity contribution in [3.05, 3.63) is 93.7 Å². The van der Waals surface area contributed by atoms with Crippen LogP contribution in [0, 0.1) is 0 Å². The first-order chi connectivity index (χ1) is 13.5. The van der Waals surface area contributed by atoms with Gasteiger partial charge in [0.1, 0.15) is 0 Å². The molecule has 0 radical (unpaired) electrons. The molecule has 2 aromatic carbocycles. The van der Waals surface area contributed by atoms with Crippen molar-refractivity contribution in [3.63, 3.8) is 0 Å². The molecule has 0 saturated heterocycles. The first kappa shape index (κ1) is 19.7. The van der Waals surface area contributed by atoms with E-state index in [9.17, 15) is 14.7 Å². The fraction of sp³-hybridized carbons (Fsp3) is 0.0952. The Bertz CT molecular complexity index is 1010. The highest BCUT2D eigenvalue weighted by molar-refractivity contribution is 9.10. The molecule has 0 aliphatic rings. The molecule has 0 fully saturated rings. The average Bonchev–Trinajstić information content (AvgIpc) is 3.08. The van der Waals surface area contributed by atoms with Crippen LogP contribution in [0.2, 0.25) is 0 Å². The van der Waals surface area contributed by atoms with Crippen LogP contribution in [0.25, 0.3) is 0 Å². The minimum absolute atomic E-state index is 0.336. The zero-order valence-corrected chi connectivity index (χ0v) is 16.6. The number of benzene rings is 2. The summed E-state index contributed by atoms with van der Waals surface area (Å²) in [6.45, 7) is 0. The van der Waals surface area contributed by atoms with Gasteiger partial charge < -0.3 is 9.67 Å². The summed E-state index contributed by atoms with van der Waals surface area (Å²) in [6, 6.07) is 18.9. The minimum atomic E-state index is -1.29. The van der Waals surface area contributed by atoms with E-state index in [1.54, 1.807) is 72.3 Å². The Balaban J connectivity index is 1.68. The van der Waals surface area contributed by atoms with Crippen LogP contribution in [0.3, 0.4) is 0 Å². The van der Waals surface area contributed by atoms with Crippen molar-refractivity contribution >= 4 is 33.8 Å². The first-order valence-electron chi connectivity index (χ1n) is 8.49. The molecule has 0 saturated carbocycles. The van der Waals surface area contributed by atoms with Gasteiger partial charge in [-0.2, -0.15) is 5.10 Å². The van der Waals surface area contributed by atoms with Crippen LogP contribution < -0.4 is 5.43 Å². The number of carbonyl (C=O) groups excluding carboxylic acids is 2. The SMILES string of the molecule is Cn1c(/C=N/NC(=O)c2ccc(Br)cc2)ccc1C(O)C(=O)c1ccccc1. The number of hydrogen-bond acceptors (Lipinski definition) is 4. The van der Waals surface area contributed by atoms with Gasteiger partial charge in [-0.3, -0.25) is 9.59 Å². The zero-order chi connectivity index (χ0) is 20.1. The fourth-order valence-electron chi connectivity index (χ4n) is 2.67. The number of hydrazone groups is 1. The van der Waals surface area contributed by atoms with Crippen LogP contribution in [0.5, 0.6) is 0 Å². The van der Waals surface area contributed by atoms with Gasteiger partial charge in [-0.1, -0.05) is 46.3 Å². The largest absolute Gasteiger partial charge is 0.379 e. The third-order valence-electron chi connectivity index (χ3n) is 4.26. The van der Waals surface area contributed by atoms with Crippen molar-refractivity contribution in [2.75, 3.05) is 0 Å². The quantitative estimate of drug-likeness (QED) is 0.350.